The Labute approximate surface area is 177 Å². The molecule has 0 atom stereocenters. The lowest BCUT2D eigenvalue weighted by molar-refractivity contribution is -0.118. The van der Waals surface area contributed by atoms with E-state index in [-0.39, 0.29) is 11.1 Å². The standard InChI is InChI=1S/C23H22FN5O2/c1-13(30)28-23(31)20-17(24)10-16(21-22(20)26-11-25-21)14-7-8-19-18(9-14)27-12-29(19)15-5-3-2-4-6-15/h7-12,15H,2-6H2,1H3,(H,25,26)(H,28,30,31). The summed E-state index contributed by atoms with van der Waals surface area (Å²) in [4.78, 5) is 35.3. The molecule has 0 saturated heterocycles. The molecular weight excluding hydrogens is 397 g/mol. The number of imide groups is 1. The molecule has 0 spiro atoms. The highest BCUT2D eigenvalue weighted by Crippen LogP contribution is 2.35. The number of imidazole rings is 2. The van der Waals surface area contributed by atoms with Crippen molar-refractivity contribution in [3.8, 4) is 11.1 Å². The van der Waals surface area contributed by atoms with Gasteiger partial charge in [-0.25, -0.2) is 14.4 Å². The van der Waals surface area contributed by atoms with Crippen molar-refractivity contribution in [2.24, 2.45) is 0 Å². The topological polar surface area (TPSA) is 92.7 Å². The number of benzene rings is 2. The van der Waals surface area contributed by atoms with Gasteiger partial charge in [-0.1, -0.05) is 25.3 Å². The molecule has 0 aliphatic heterocycles. The molecule has 1 aliphatic carbocycles. The highest BCUT2D eigenvalue weighted by molar-refractivity contribution is 6.13. The summed E-state index contributed by atoms with van der Waals surface area (Å²) in [6.45, 7) is 1.20. The summed E-state index contributed by atoms with van der Waals surface area (Å²) >= 11 is 0. The number of hydrogen-bond donors (Lipinski definition) is 2. The molecule has 1 fully saturated rings. The maximum Gasteiger partial charge on any atom is 0.263 e. The minimum atomic E-state index is -0.799. The number of nitrogens with one attached hydrogen (secondary N) is 2. The van der Waals surface area contributed by atoms with Gasteiger partial charge in [-0.05, 0) is 36.6 Å². The average Bonchev–Trinajstić information content (AvgIpc) is 3.40. The highest BCUT2D eigenvalue weighted by Gasteiger charge is 2.23. The van der Waals surface area contributed by atoms with Gasteiger partial charge in [0.1, 0.15) is 11.4 Å². The Morgan fingerprint density at radius 1 is 1.16 bits per heavy atom. The number of rotatable bonds is 3. The third-order valence-corrected chi connectivity index (χ3v) is 6.02. The summed E-state index contributed by atoms with van der Waals surface area (Å²) in [6.07, 6.45) is 9.40. The van der Waals surface area contributed by atoms with Gasteiger partial charge in [0.15, 0.2) is 0 Å². The van der Waals surface area contributed by atoms with Crippen molar-refractivity contribution in [1.82, 2.24) is 24.8 Å². The Morgan fingerprint density at radius 3 is 2.74 bits per heavy atom. The van der Waals surface area contributed by atoms with E-state index in [1.807, 2.05) is 24.5 Å². The Kier molecular flexibility index (Phi) is 4.77. The second-order valence-corrected chi connectivity index (χ2v) is 8.06. The highest BCUT2D eigenvalue weighted by atomic mass is 19.1. The molecule has 2 aromatic heterocycles. The Bertz CT molecular complexity index is 1320. The van der Waals surface area contributed by atoms with Crippen molar-refractivity contribution >= 4 is 33.9 Å². The van der Waals surface area contributed by atoms with Crippen LogP contribution in [0.3, 0.4) is 0 Å². The van der Waals surface area contributed by atoms with E-state index in [4.69, 9.17) is 0 Å². The third-order valence-electron chi connectivity index (χ3n) is 6.02. The van der Waals surface area contributed by atoms with Crippen molar-refractivity contribution in [3.05, 3.63) is 48.3 Å². The van der Waals surface area contributed by atoms with Gasteiger partial charge in [0.05, 0.1) is 34.7 Å². The molecule has 2 aromatic carbocycles. The van der Waals surface area contributed by atoms with E-state index in [9.17, 15) is 14.0 Å². The summed E-state index contributed by atoms with van der Waals surface area (Å²) < 4.78 is 17.2. The largest absolute Gasteiger partial charge is 0.344 e. The molecule has 2 N–H and O–H groups in total. The minimum Gasteiger partial charge on any atom is -0.344 e. The van der Waals surface area contributed by atoms with Crippen LogP contribution in [0, 0.1) is 5.82 Å². The molecule has 0 bridgehead atoms. The molecule has 5 rings (SSSR count). The number of halogens is 1. The van der Waals surface area contributed by atoms with Crippen LogP contribution in [0.25, 0.3) is 33.2 Å². The van der Waals surface area contributed by atoms with Gasteiger partial charge in [0, 0.05) is 18.5 Å². The number of amides is 2. The van der Waals surface area contributed by atoms with E-state index >= 15 is 0 Å². The number of carbonyl (C=O) groups is 2. The lowest BCUT2D eigenvalue weighted by Crippen LogP contribution is -2.29. The molecule has 7 nitrogen and oxygen atoms in total. The van der Waals surface area contributed by atoms with Crippen LogP contribution in [0.1, 0.15) is 55.4 Å². The molecule has 1 aliphatic rings. The Morgan fingerprint density at radius 2 is 1.97 bits per heavy atom. The Hall–Kier alpha value is -3.55. The van der Waals surface area contributed by atoms with Crippen LogP contribution in [0.15, 0.2) is 36.9 Å². The first kappa shape index (κ1) is 19.4. The molecule has 2 amide bonds. The molecule has 8 heteroatoms. The number of aromatic nitrogens is 4. The fourth-order valence-corrected chi connectivity index (χ4v) is 4.59. The van der Waals surface area contributed by atoms with E-state index < -0.39 is 17.6 Å². The first-order valence-corrected chi connectivity index (χ1v) is 10.5. The quantitative estimate of drug-likeness (QED) is 0.511. The molecule has 158 valence electrons. The minimum absolute atomic E-state index is 0.228. The Balaban J connectivity index is 1.59. The molecule has 4 aromatic rings. The van der Waals surface area contributed by atoms with Gasteiger partial charge in [-0.3, -0.25) is 14.9 Å². The molecule has 0 unspecified atom stereocenters. The zero-order valence-electron chi connectivity index (χ0n) is 17.1. The SMILES string of the molecule is CC(=O)NC(=O)c1c(F)cc(-c2ccc3c(c2)ncn3C2CCCCC2)c2nc[nH]c12. The average molecular weight is 419 g/mol. The van der Waals surface area contributed by atoms with Crippen LogP contribution in [0.5, 0.6) is 0 Å². The van der Waals surface area contributed by atoms with Crippen molar-refractivity contribution in [2.75, 3.05) is 0 Å². The van der Waals surface area contributed by atoms with E-state index in [0.29, 0.717) is 17.1 Å². The second kappa shape index (κ2) is 7.61. The fraction of sp³-hybridized carbons (Fsp3) is 0.304. The van der Waals surface area contributed by atoms with Crippen LogP contribution in [0.2, 0.25) is 0 Å². The number of fused-ring (bicyclic) bond motifs is 2. The van der Waals surface area contributed by atoms with Crippen molar-refractivity contribution in [3.63, 3.8) is 0 Å². The van der Waals surface area contributed by atoms with Gasteiger partial charge in [-0.15, -0.1) is 0 Å². The maximum absolute atomic E-state index is 15.0. The van der Waals surface area contributed by atoms with Gasteiger partial charge in [-0.2, -0.15) is 0 Å². The zero-order chi connectivity index (χ0) is 21.5. The molecule has 1 saturated carbocycles. The van der Waals surface area contributed by atoms with E-state index in [0.717, 1.165) is 29.4 Å². The molecule has 31 heavy (non-hydrogen) atoms. The maximum atomic E-state index is 15.0. The predicted molar refractivity (Wildman–Crippen MR) is 115 cm³/mol. The lowest BCUT2D eigenvalue weighted by atomic mass is 9.95. The van der Waals surface area contributed by atoms with Crippen LogP contribution in [-0.2, 0) is 4.79 Å². The van der Waals surface area contributed by atoms with E-state index in [2.05, 4.69) is 24.8 Å². The number of H-pyrrole nitrogens is 1. The molecule has 0 radical (unpaired) electrons. The zero-order valence-corrected chi connectivity index (χ0v) is 17.1. The van der Waals surface area contributed by atoms with Crippen molar-refractivity contribution in [2.45, 2.75) is 45.1 Å². The van der Waals surface area contributed by atoms with Crippen molar-refractivity contribution in [1.29, 1.82) is 0 Å². The van der Waals surface area contributed by atoms with Crippen LogP contribution >= 0.6 is 0 Å². The van der Waals surface area contributed by atoms with Crippen LogP contribution in [-0.4, -0.2) is 31.3 Å². The lowest BCUT2D eigenvalue weighted by Gasteiger charge is -2.23. The first-order chi connectivity index (χ1) is 15.0. The van der Waals surface area contributed by atoms with E-state index in [1.165, 1.54) is 38.6 Å². The molecule has 2 heterocycles. The summed E-state index contributed by atoms with van der Waals surface area (Å²) in [5.74, 6) is -2.08. The van der Waals surface area contributed by atoms with E-state index in [1.54, 1.807) is 0 Å². The summed E-state index contributed by atoms with van der Waals surface area (Å²) in [5, 5.41) is 2.12. The summed E-state index contributed by atoms with van der Waals surface area (Å²) in [6, 6.07) is 7.63. The first-order valence-electron chi connectivity index (χ1n) is 10.5. The fourth-order valence-electron chi connectivity index (χ4n) is 4.59. The number of aromatic amines is 1. The third kappa shape index (κ3) is 3.37. The van der Waals surface area contributed by atoms with Gasteiger partial charge in [0.2, 0.25) is 5.91 Å². The van der Waals surface area contributed by atoms with Crippen molar-refractivity contribution < 1.29 is 14.0 Å². The normalized spacial score (nSPS) is 14.9. The van der Waals surface area contributed by atoms with Gasteiger partial charge in [0.25, 0.3) is 5.91 Å². The second-order valence-electron chi connectivity index (χ2n) is 8.06. The summed E-state index contributed by atoms with van der Waals surface area (Å²) in [7, 11) is 0. The van der Waals surface area contributed by atoms with Crippen LogP contribution in [0.4, 0.5) is 4.39 Å². The summed E-state index contributed by atoms with van der Waals surface area (Å²) in [5.41, 5.74) is 3.70. The number of hydrogen-bond acceptors (Lipinski definition) is 4. The smallest absolute Gasteiger partial charge is 0.263 e. The monoisotopic (exact) mass is 419 g/mol. The van der Waals surface area contributed by atoms with Crippen LogP contribution < -0.4 is 5.32 Å². The molecular formula is C23H22FN5O2. The number of nitrogens with zero attached hydrogens (tertiary/aromatic N) is 3. The van der Waals surface area contributed by atoms with Gasteiger partial charge >= 0.3 is 0 Å². The predicted octanol–water partition coefficient (Wildman–Crippen LogP) is 4.50. The number of carbonyl (C=O) groups excluding carboxylic acids is 2. The van der Waals surface area contributed by atoms with Gasteiger partial charge < -0.3 is 9.55 Å².